The van der Waals surface area contributed by atoms with Crippen LogP contribution in [0, 0.1) is 17.0 Å². The summed E-state index contributed by atoms with van der Waals surface area (Å²) in [6.07, 6.45) is 1.77. The first-order valence-electron chi connectivity index (χ1n) is 13.8. The van der Waals surface area contributed by atoms with Crippen LogP contribution in [-0.4, -0.2) is 62.0 Å². The summed E-state index contributed by atoms with van der Waals surface area (Å²) in [5.74, 6) is -0.482. The summed E-state index contributed by atoms with van der Waals surface area (Å²) in [7, 11) is -2.56. The number of rotatable bonds is 14. The van der Waals surface area contributed by atoms with Crippen LogP contribution in [0.3, 0.4) is 0 Å². The van der Waals surface area contributed by atoms with Crippen molar-refractivity contribution in [3.8, 4) is 5.75 Å². The number of non-ortho nitro benzene ring substituents is 1. The van der Waals surface area contributed by atoms with E-state index in [-0.39, 0.29) is 36.3 Å². The van der Waals surface area contributed by atoms with Crippen LogP contribution in [0.15, 0.2) is 72.8 Å². The van der Waals surface area contributed by atoms with Gasteiger partial charge in [-0.25, -0.2) is 8.42 Å². The lowest BCUT2D eigenvalue weighted by Gasteiger charge is -2.34. The van der Waals surface area contributed by atoms with Crippen molar-refractivity contribution in [2.45, 2.75) is 52.2 Å². The van der Waals surface area contributed by atoms with Crippen molar-refractivity contribution in [2.24, 2.45) is 0 Å². The zero-order valence-electron chi connectivity index (χ0n) is 25.0. The fraction of sp³-hybridized carbons (Fsp3) is 0.355. The van der Waals surface area contributed by atoms with Crippen molar-refractivity contribution in [2.75, 3.05) is 24.2 Å². The highest BCUT2D eigenvalue weighted by Gasteiger charge is 2.34. The number of hydrogen-bond acceptors (Lipinski definition) is 7. The third-order valence-electron chi connectivity index (χ3n) is 7.11. The molecule has 3 rings (SSSR count). The Balaban J connectivity index is 2.13. The van der Waals surface area contributed by atoms with E-state index in [4.69, 9.17) is 4.74 Å². The summed E-state index contributed by atoms with van der Waals surface area (Å²) >= 11 is 0. The molecule has 0 aliphatic rings. The second kappa shape index (κ2) is 14.6. The fourth-order valence-electron chi connectivity index (χ4n) is 4.54. The second-order valence-electron chi connectivity index (χ2n) is 10.4. The van der Waals surface area contributed by atoms with Gasteiger partial charge in [-0.05, 0) is 49.1 Å². The van der Waals surface area contributed by atoms with Crippen LogP contribution in [0.4, 0.5) is 11.4 Å². The molecule has 0 heterocycles. The van der Waals surface area contributed by atoms with E-state index in [0.29, 0.717) is 23.3 Å². The Kier molecular flexibility index (Phi) is 11.2. The quantitative estimate of drug-likeness (QED) is 0.213. The lowest BCUT2D eigenvalue weighted by atomic mass is 10.0. The molecule has 0 aliphatic carbocycles. The van der Waals surface area contributed by atoms with Crippen LogP contribution < -0.4 is 14.4 Å². The minimum Gasteiger partial charge on any atom is -0.497 e. The molecule has 2 unspecified atom stereocenters. The van der Waals surface area contributed by atoms with Gasteiger partial charge in [0.2, 0.25) is 21.8 Å². The summed E-state index contributed by atoms with van der Waals surface area (Å²) in [6.45, 7) is 4.71. The first-order valence-corrected chi connectivity index (χ1v) is 15.7. The van der Waals surface area contributed by atoms with Crippen molar-refractivity contribution >= 4 is 33.2 Å². The highest BCUT2D eigenvalue weighted by Crippen LogP contribution is 2.28. The van der Waals surface area contributed by atoms with Crippen LogP contribution in [0.5, 0.6) is 5.75 Å². The number of hydrogen-bond donors (Lipinski definition) is 1. The average molecular weight is 611 g/mol. The molecule has 0 aliphatic heterocycles. The van der Waals surface area contributed by atoms with E-state index in [1.54, 1.807) is 31.2 Å². The summed E-state index contributed by atoms with van der Waals surface area (Å²) < 4.78 is 32.3. The lowest BCUT2D eigenvalue weighted by Crippen LogP contribution is -2.54. The zero-order chi connectivity index (χ0) is 31.7. The van der Waals surface area contributed by atoms with E-state index >= 15 is 0 Å². The van der Waals surface area contributed by atoms with Gasteiger partial charge in [-0.2, -0.15) is 0 Å². The molecule has 2 atom stereocenters. The number of methoxy groups -OCH3 is 1. The maximum Gasteiger partial charge on any atom is 0.271 e. The number of nitro benzene ring substituents is 1. The molecule has 2 amide bonds. The van der Waals surface area contributed by atoms with Crippen LogP contribution in [0.2, 0.25) is 0 Å². The van der Waals surface area contributed by atoms with Gasteiger partial charge in [-0.15, -0.1) is 0 Å². The molecule has 3 aromatic rings. The molecule has 230 valence electrons. The Bertz CT molecular complexity index is 1550. The van der Waals surface area contributed by atoms with Gasteiger partial charge < -0.3 is 15.0 Å². The van der Waals surface area contributed by atoms with Gasteiger partial charge in [0.1, 0.15) is 18.3 Å². The minimum atomic E-state index is -4.08. The number of carbonyl (C=O) groups excluding carboxylic acids is 2. The molecule has 11 nitrogen and oxygen atoms in total. The maximum absolute atomic E-state index is 14.2. The van der Waals surface area contributed by atoms with Crippen molar-refractivity contribution in [3.63, 3.8) is 0 Å². The van der Waals surface area contributed by atoms with Gasteiger partial charge in [-0.1, -0.05) is 55.5 Å². The normalized spacial score (nSPS) is 12.6. The Morgan fingerprint density at radius 2 is 1.70 bits per heavy atom. The lowest BCUT2D eigenvalue weighted by molar-refractivity contribution is -0.384. The molecule has 1 N–H and O–H groups in total. The Morgan fingerprint density at radius 3 is 2.30 bits per heavy atom. The molecule has 0 fully saturated rings. The number of nitro groups is 1. The fourth-order valence-corrected chi connectivity index (χ4v) is 5.44. The van der Waals surface area contributed by atoms with E-state index < -0.39 is 33.4 Å². The van der Waals surface area contributed by atoms with Crippen LogP contribution in [0.25, 0.3) is 0 Å². The van der Waals surface area contributed by atoms with Crippen LogP contribution in [0.1, 0.15) is 37.0 Å². The molecule has 3 aromatic carbocycles. The van der Waals surface area contributed by atoms with Crippen LogP contribution in [-0.2, 0) is 32.6 Å². The SMILES string of the molecule is CCC(C)NC(=O)C(Cc1ccccc1)N(Cc1cccc(OC)c1)C(=O)CN(c1cc([N+](=O)[O-])ccc1C)S(C)(=O)=O. The van der Waals surface area contributed by atoms with E-state index in [1.807, 2.05) is 44.2 Å². The Labute approximate surface area is 252 Å². The number of amides is 2. The van der Waals surface area contributed by atoms with E-state index in [9.17, 15) is 28.1 Å². The van der Waals surface area contributed by atoms with Gasteiger partial charge in [0.05, 0.1) is 24.0 Å². The van der Waals surface area contributed by atoms with Crippen molar-refractivity contribution < 1.29 is 27.7 Å². The molecule has 0 saturated carbocycles. The summed E-state index contributed by atoms with van der Waals surface area (Å²) in [5, 5.41) is 14.5. The highest BCUT2D eigenvalue weighted by atomic mass is 32.2. The van der Waals surface area contributed by atoms with Gasteiger partial charge >= 0.3 is 0 Å². The largest absolute Gasteiger partial charge is 0.497 e. The van der Waals surface area contributed by atoms with E-state index in [0.717, 1.165) is 22.2 Å². The first kappa shape index (κ1) is 33.1. The topological polar surface area (TPSA) is 139 Å². The number of aryl methyl sites for hydroxylation is 1. The smallest absolute Gasteiger partial charge is 0.271 e. The predicted octanol–water partition coefficient (Wildman–Crippen LogP) is 4.23. The summed E-state index contributed by atoms with van der Waals surface area (Å²) in [5.41, 5.74) is 1.60. The van der Waals surface area contributed by atoms with Gasteiger partial charge in [0.25, 0.3) is 5.69 Å². The van der Waals surface area contributed by atoms with Gasteiger partial charge in [-0.3, -0.25) is 24.0 Å². The first-order chi connectivity index (χ1) is 20.3. The third kappa shape index (κ3) is 9.02. The summed E-state index contributed by atoms with van der Waals surface area (Å²) in [4.78, 5) is 40.2. The molecule has 0 aromatic heterocycles. The molecule has 0 bridgehead atoms. The third-order valence-corrected chi connectivity index (χ3v) is 8.24. The number of carbonyl (C=O) groups is 2. The maximum atomic E-state index is 14.2. The highest BCUT2D eigenvalue weighted by molar-refractivity contribution is 7.92. The van der Waals surface area contributed by atoms with Crippen molar-refractivity contribution in [1.29, 1.82) is 0 Å². The number of nitrogens with zero attached hydrogens (tertiary/aromatic N) is 3. The molecular weight excluding hydrogens is 572 g/mol. The van der Waals surface area contributed by atoms with Crippen molar-refractivity contribution in [1.82, 2.24) is 10.2 Å². The molecular formula is C31H38N4O7S. The average Bonchev–Trinajstić information content (AvgIpc) is 2.97. The molecule has 0 radical (unpaired) electrons. The van der Waals surface area contributed by atoms with E-state index in [1.165, 1.54) is 24.1 Å². The Hall–Kier alpha value is -4.45. The summed E-state index contributed by atoms with van der Waals surface area (Å²) in [6, 6.07) is 18.9. The molecule has 43 heavy (non-hydrogen) atoms. The standard InChI is InChI=1S/C31H38N4O7S/c1-6-23(3)32-31(37)29(18-24-11-8-7-9-12-24)33(20-25-13-10-14-27(17-25)42-4)30(36)21-34(43(5,40)41)28-19-26(35(38)39)16-15-22(28)2/h7-17,19,23,29H,6,18,20-21H2,1-5H3,(H,32,37). The Morgan fingerprint density at radius 1 is 1.02 bits per heavy atom. The minimum absolute atomic E-state index is 0.00930. The second-order valence-corrected chi connectivity index (χ2v) is 12.3. The van der Waals surface area contributed by atoms with Gasteiger partial charge in [0.15, 0.2) is 0 Å². The van der Waals surface area contributed by atoms with E-state index in [2.05, 4.69) is 5.32 Å². The number of sulfonamides is 1. The molecule has 0 spiro atoms. The number of anilines is 1. The number of benzene rings is 3. The van der Waals surface area contributed by atoms with Crippen molar-refractivity contribution in [3.05, 3.63) is 99.6 Å². The monoisotopic (exact) mass is 610 g/mol. The van der Waals surface area contributed by atoms with Crippen LogP contribution >= 0.6 is 0 Å². The number of nitrogens with one attached hydrogen (secondary N) is 1. The number of ether oxygens (including phenoxy) is 1. The molecule has 12 heteroatoms. The predicted molar refractivity (Wildman–Crippen MR) is 165 cm³/mol. The zero-order valence-corrected chi connectivity index (χ0v) is 25.8. The van der Waals surface area contributed by atoms with Gasteiger partial charge in [0, 0.05) is 31.1 Å². The molecule has 0 saturated heterocycles.